The summed E-state index contributed by atoms with van der Waals surface area (Å²) < 4.78 is 23.7. The van der Waals surface area contributed by atoms with Crippen LogP contribution in [0.2, 0.25) is 0 Å². The molecule has 1 aliphatic rings. The second kappa shape index (κ2) is 3.36. The second-order valence-corrected chi connectivity index (χ2v) is 4.42. The van der Waals surface area contributed by atoms with E-state index in [-0.39, 0.29) is 0 Å². The first-order valence-corrected chi connectivity index (χ1v) is 5.52. The minimum Gasteiger partial charge on any atom is -0.755 e. The molecule has 0 aliphatic carbocycles. The molecule has 1 aromatic heterocycles. The van der Waals surface area contributed by atoms with E-state index >= 15 is 0 Å². The minimum absolute atomic E-state index is 0.510. The van der Waals surface area contributed by atoms with Crippen LogP contribution in [0.5, 0.6) is 0 Å². The Morgan fingerprint density at radius 1 is 1.62 bits per heavy atom. The summed E-state index contributed by atoms with van der Waals surface area (Å²) in [6.45, 7) is 0.510. The van der Waals surface area contributed by atoms with E-state index in [1.165, 1.54) is 4.31 Å². The maximum absolute atomic E-state index is 10.8. The van der Waals surface area contributed by atoms with Gasteiger partial charge in [0, 0.05) is 28.5 Å². The van der Waals surface area contributed by atoms with Gasteiger partial charge in [0.2, 0.25) is 0 Å². The Hall–Kier alpha value is -0.460. The van der Waals surface area contributed by atoms with E-state index in [1.807, 2.05) is 0 Å². The van der Waals surface area contributed by atoms with Crippen LogP contribution in [-0.4, -0.2) is 20.3 Å². The number of rotatable bonds is 1. The molecule has 2 rings (SSSR count). The maximum Gasteiger partial charge on any atom is 0.0709 e. The highest BCUT2D eigenvalue weighted by Gasteiger charge is 2.21. The monoisotopic (exact) mass is 261 g/mol. The fourth-order valence-electron chi connectivity index (χ4n) is 1.40. The molecule has 0 aromatic carbocycles. The van der Waals surface area contributed by atoms with Gasteiger partial charge in [0.05, 0.1) is 11.9 Å². The number of aromatic nitrogens is 1. The van der Waals surface area contributed by atoms with Crippen LogP contribution in [0.15, 0.2) is 16.9 Å². The van der Waals surface area contributed by atoms with Crippen molar-refractivity contribution in [3.8, 4) is 0 Å². The highest BCUT2D eigenvalue weighted by molar-refractivity contribution is 9.10. The van der Waals surface area contributed by atoms with Crippen molar-refractivity contribution in [1.82, 2.24) is 4.98 Å². The molecule has 6 heteroatoms. The van der Waals surface area contributed by atoms with E-state index in [0.29, 0.717) is 12.2 Å². The summed E-state index contributed by atoms with van der Waals surface area (Å²) in [6.07, 6.45) is 3.99. The van der Waals surface area contributed by atoms with Crippen LogP contribution in [0.25, 0.3) is 0 Å². The average molecular weight is 262 g/mol. The molecular formula is C7H6BrN2O2S-. The molecule has 1 aliphatic heterocycles. The van der Waals surface area contributed by atoms with E-state index in [9.17, 15) is 8.76 Å². The van der Waals surface area contributed by atoms with E-state index in [2.05, 4.69) is 20.9 Å². The minimum atomic E-state index is -2.19. The van der Waals surface area contributed by atoms with Crippen LogP contribution >= 0.6 is 15.9 Å². The van der Waals surface area contributed by atoms with Crippen LogP contribution in [0.1, 0.15) is 5.56 Å². The van der Waals surface area contributed by atoms with Crippen molar-refractivity contribution >= 4 is 32.9 Å². The summed E-state index contributed by atoms with van der Waals surface area (Å²) in [5, 5.41) is 0. The maximum atomic E-state index is 10.8. The van der Waals surface area contributed by atoms with Gasteiger partial charge in [-0.05, 0) is 27.9 Å². The zero-order valence-corrected chi connectivity index (χ0v) is 8.97. The smallest absolute Gasteiger partial charge is 0.0709 e. The predicted octanol–water partition coefficient (Wildman–Crippen LogP) is 1.00. The first-order valence-electron chi connectivity index (χ1n) is 3.69. The predicted molar refractivity (Wildman–Crippen MR) is 51.9 cm³/mol. The first kappa shape index (κ1) is 9.11. The van der Waals surface area contributed by atoms with Crippen LogP contribution in [0, 0.1) is 0 Å². The number of nitrogens with zero attached hydrogens (tertiary/aromatic N) is 2. The zero-order valence-electron chi connectivity index (χ0n) is 6.57. The van der Waals surface area contributed by atoms with Gasteiger partial charge >= 0.3 is 0 Å². The molecule has 0 radical (unpaired) electrons. The highest BCUT2D eigenvalue weighted by atomic mass is 79.9. The number of hydrogen-bond acceptors (Lipinski definition) is 3. The van der Waals surface area contributed by atoms with Crippen molar-refractivity contribution in [3.05, 3.63) is 22.4 Å². The van der Waals surface area contributed by atoms with Crippen molar-refractivity contribution in [1.29, 1.82) is 0 Å². The normalized spacial score (nSPS) is 17.2. The quantitative estimate of drug-likeness (QED) is 0.709. The van der Waals surface area contributed by atoms with Gasteiger partial charge in [-0.2, -0.15) is 0 Å². The number of hydrogen-bond donors (Lipinski definition) is 0. The summed E-state index contributed by atoms with van der Waals surface area (Å²) in [4.78, 5) is 3.93. The second-order valence-electron chi connectivity index (χ2n) is 2.69. The Bertz CT molecular complexity index is 372. The van der Waals surface area contributed by atoms with Crippen LogP contribution < -0.4 is 4.31 Å². The van der Waals surface area contributed by atoms with Crippen molar-refractivity contribution in [2.75, 3.05) is 10.8 Å². The van der Waals surface area contributed by atoms with Crippen molar-refractivity contribution in [2.45, 2.75) is 6.42 Å². The number of fused-ring (bicyclic) bond motifs is 1. The molecule has 0 fully saturated rings. The Morgan fingerprint density at radius 3 is 3.08 bits per heavy atom. The summed E-state index contributed by atoms with van der Waals surface area (Å²) in [6, 6.07) is 0. The van der Waals surface area contributed by atoms with Gasteiger partial charge in [-0.25, -0.2) is 0 Å². The fraction of sp³-hybridized carbons (Fsp3) is 0.286. The number of anilines is 1. The lowest BCUT2D eigenvalue weighted by Crippen LogP contribution is -2.22. The molecule has 1 unspecified atom stereocenters. The fourth-order valence-corrected chi connectivity index (χ4v) is 2.48. The summed E-state index contributed by atoms with van der Waals surface area (Å²) in [7, 11) is 0. The van der Waals surface area contributed by atoms with Crippen molar-refractivity contribution in [3.63, 3.8) is 0 Å². The largest absolute Gasteiger partial charge is 0.755 e. The summed E-state index contributed by atoms with van der Waals surface area (Å²) in [5.41, 5.74) is 1.70. The third-order valence-corrected chi connectivity index (χ3v) is 3.42. The topological polar surface area (TPSA) is 56.3 Å². The molecule has 2 heterocycles. The summed E-state index contributed by atoms with van der Waals surface area (Å²) in [5.74, 6) is 0. The first-order chi connectivity index (χ1) is 6.20. The Labute approximate surface area is 86.5 Å². The van der Waals surface area contributed by atoms with Crippen LogP contribution in [0.4, 0.5) is 5.69 Å². The molecule has 1 aromatic rings. The third-order valence-electron chi connectivity index (χ3n) is 2.00. The Kier molecular flexibility index (Phi) is 2.35. The highest BCUT2D eigenvalue weighted by Crippen LogP contribution is 2.32. The molecule has 70 valence electrons. The number of halogens is 1. The molecule has 0 N–H and O–H groups in total. The van der Waals surface area contributed by atoms with E-state index in [1.54, 1.807) is 12.4 Å². The van der Waals surface area contributed by atoms with E-state index < -0.39 is 11.3 Å². The van der Waals surface area contributed by atoms with Crippen molar-refractivity contribution in [2.24, 2.45) is 0 Å². The van der Waals surface area contributed by atoms with Crippen LogP contribution in [-0.2, 0) is 17.7 Å². The Balaban J connectivity index is 2.49. The molecule has 0 saturated heterocycles. The Morgan fingerprint density at radius 2 is 2.38 bits per heavy atom. The lowest BCUT2D eigenvalue weighted by atomic mass is 10.2. The lowest BCUT2D eigenvalue weighted by Gasteiger charge is -2.20. The molecule has 0 saturated carbocycles. The zero-order chi connectivity index (χ0) is 9.42. The van der Waals surface area contributed by atoms with Gasteiger partial charge in [-0.3, -0.25) is 9.19 Å². The van der Waals surface area contributed by atoms with Gasteiger partial charge in [0.1, 0.15) is 0 Å². The van der Waals surface area contributed by atoms with Crippen LogP contribution in [0.3, 0.4) is 0 Å². The number of pyridine rings is 1. The molecule has 4 nitrogen and oxygen atoms in total. The van der Waals surface area contributed by atoms with Crippen molar-refractivity contribution < 1.29 is 8.76 Å². The third kappa shape index (κ3) is 1.49. The lowest BCUT2D eigenvalue weighted by molar-refractivity contribution is 0.533. The van der Waals surface area contributed by atoms with Gasteiger partial charge in [0.15, 0.2) is 0 Å². The molecule has 0 spiro atoms. The van der Waals surface area contributed by atoms with Gasteiger partial charge < -0.3 is 8.86 Å². The van der Waals surface area contributed by atoms with Gasteiger partial charge in [-0.1, -0.05) is 0 Å². The standard InChI is InChI=1S/C7H7BrN2O2S/c8-6-3-9-4-7-5(6)1-2-10(7)13(11)12/h3-4H,1-2H2,(H,11,12)/p-1. The molecule has 0 bridgehead atoms. The average Bonchev–Trinajstić information content (AvgIpc) is 2.48. The molecule has 13 heavy (non-hydrogen) atoms. The summed E-state index contributed by atoms with van der Waals surface area (Å²) >= 11 is 1.15. The SMILES string of the molecule is O=S([O-])N1CCc2c(Br)cncc21. The van der Waals surface area contributed by atoms with E-state index in [0.717, 1.165) is 16.5 Å². The molecule has 0 amide bonds. The molecule has 1 atom stereocenters. The van der Waals surface area contributed by atoms with E-state index in [4.69, 9.17) is 0 Å². The molecular weight excluding hydrogens is 256 g/mol. The van der Waals surface area contributed by atoms with Gasteiger partial charge in [-0.15, -0.1) is 0 Å². The van der Waals surface area contributed by atoms with Gasteiger partial charge in [0.25, 0.3) is 0 Å².